The lowest BCUT2D eigenvalue weighted by Crippen LogP contribution is -2.07. The molecule has 0 bridgehead atoms. The molecule has 0 spiro atoms. The minimum Gasteiger partial charge on any atom is -0.298 e. The van der Waals surface area contributed by atoms with Crippen LogP contribution in [0.2, 0.25) is 5.02 Å². The molecule has 0 amide bonds. The summed E-state index contributed by atoms with van der Waals surface area (Å²) in [6.07, 6.45) is 0.333. The van der Waals surface area contributed by atoms with Crippen molar-refractivity contribution in [3.8, 4) is 0 Å². The zero-order valence-electron chi connectivity index (χ0n) is 11.0. The molecule has 0 fully saturated rings. The number of hydrogen-bond acceptors (Lipinski definition) is 2. The van der Waals surface area contributed by atoms with Gasteiger partial charge >= 0.3 is 0 Å². The van der Waals surface area contributed by atoms with Gasteiger partial charge in [0.15, 0.2) is 0 Å². The Morgan fingerprint density at radius 3 is 2.75 bits per heavy atom. The first-order valence-electron chi connectivity index (χ1n) is 6.19. The molecule has 0 N–H and O–H groups in total. The van der Waals surface area contributed by atoms with Crippen LogP contribution in [0.15, 0.2) is 47.4 Å². The molecule has 4 heteroatoms. The highest BCUT2D eigenvalue weighted by atomic mass is 35.5. The van der Waals surface area contributed by atoms with Crippen LogP contribution >= 0.6 is 23.4 Å². The van der Waals surface area contributed by atoms with Crippen molar-refractivity contribution in [1.29, 1.82) is 0 Å². The van der Waals surface area contributed by atoms with Crippen molar-refractivity contribution in [2.24, 2.45) is 0 Å². The van der Waals surface area contributed by atoms with Crippen molar-refractivity contribution < 1.29 is 9.18 Å². The first-order chi connectivity index (χ1) is 9.54. The maximum atomic E-state index is 13.0. The van der Waals surface area contributed by atoms with Gasteiger partial charge in [0.05, 0.1) is 5.75 Å². The molecule has 2 aromatic rings. The third kappa shape index (κ3) is 4.36. The fourth-order valence-corrected chi connectivity index (χ4v) is 2.91. The van der Waals surface area contributed by atoms with Gasteiger partial charge in [-0.25, -0.2) is 4.39 Å². The second-order valence-corrected chi connectivity index (χ2v) is 6.02. The molecule has 0 heterocycles. The lowest BCUT2D eigenvalue weighted by Gasteiger charge is -2.05. The van der Waals surface area contributed by atoms with E-state index in [-0.39, 0.29) is 11.6 Å². The number of benzene rings is 2. The van der Waals surface area contributed by atoms with Crippen molar-refractivity contribution in [1.82, 2.24) is 0 Å². The van der Waals surface area contributed by atoms with E-state index in [1.54, 1.807) is 12.1 Å². The van der Waals surface area contributed by atoms with E-state index >= 15 is 0 Å². The molecule has 2 rings (SSSR count). The molecule has 0 aliphatic heterocycles. The summed E-state index contributed by atoms with van der Waals surface area (Å²) >= 11 is 7.35. The van der Waals surface area contributed by atoms with Gasteiger partial charge in [0.1, 0.15) is 11.6 Å². The number of Topliss-reactive ketones (excluding diaryl/α,β-unsaturated/α-hetero) is 1. The van der Waals surface area contributed by atoms with E-state index in [0.717, 1.165) is 16.0 Å². The summed E-state index contributed by atoms with van der Waals surface area (Å²) < 4.78 is 13.0. The van der Waals surface area contributed by atoms with Crippen LogP contribution in [-0.2, 0) is 11.2 Å². The van der Waals surface area contributed by atoms with E-state index in [1.807, 2.05) is 25.1 Å². The molecule has 0 saturated carbocycles. The van der Waals surface area contributed by atoms with Crippen LogP contribution in [0.1, 0.15) is 11.1 Å². The van der Waals surface area contributed by atoms with Gasteiger partial charge in [0, 0.05) is 16.3 Å². The molecular formula is C16H14ClFOS. The van der Waals surface area contributed by atoms with Crippen molar-refractivity contribution in [3.05, 3.63) is 64.4 Å². The Balaban J connectivity index is 1.92. The average molecular weight is 309 g/mol. The summed E-state index contributed by atoms with van der Waals surface area (Å²) in [7, 11) is 0. The van der Waals surface area contributed by atoms with E-state index in [4.69, 9.17) is 11.6 Å². The average Bonchev–Trinajstić information content (AvgIpc) is 2.40. The van der Waals surface area contributed by atoms with Gasteiger partial charge in [-0.3, -0.25) is 4.79 Å². The summed E-state index contributed by atoms with van der Waals surface area (Å²) in [4.78, 5) is 12.9. The first kappa shape index (κ1) is 15.1. The van der Waals surface area contributed by atoms with E-state index in [9.17, 15) is 9.18 Å². The first-order valence-corrected chi connectivity index (χ1v) is 7.56. The monoisotopic (exact) mass is 308 g/mol. The molecule has 0 aliphatic rings. The molecular weight excluding hydrogens is 295 g/mol. The van der Waals surface area contributed by atoms with Gasteiger partial charge in [0.25, 0.3) is 0 Å². The summed E-state index contributed by atoms with van der Waals surface area (Å²) in [5, 5.41) is 0.664. The highest BCUT2D eigenvalue weighted by Gasteiger charge is 2.08. The molecule has 0 unspecified atom stereocenters. The Labute approximate surface area is 127 Å². The van der Waals surface area contributed by atoms with Crippen molar-refractivity contribution in [2.75, 3.05) is 5.75 Å². The highest BCUT2D eigenvalue weighted by Crippen LogP contribution is 2.22. The van der Waals surface area contributed by atoms with Crippen LogP contribution in [0, 0.1) is 12.7 Å². The van der Waals surface area contributed by atoms with Gasteiger partial charge in [-0.05, 0) is 48.4 Å². The van der Waals surface area contributed by atoms with E-state index in [0.29, 0.717) is 17.2 Å². The maximum absolute atomic E-state index is 13.0. The lowest BCUT2D eigenvalue weighted by atomic mass is 10.0. The Morgan fingerprint density at radius 2 is 2.05 bits per heavy atom. The fraction of sp³-hybridized carbons (Fsp3) is 0.188. The molecule has 1 nitrogen and oxygen atoms in total. The Hall–Kier alpha value is -1.32. The second kappa shape index (κ2) is 6.91. The Bertz CT molecular complexity index is 628. The van der Waals surface area contributed by atoms with Crippen molar-refractivity contribution in [2.45, 2.75) is 18.2 Å². The van der Waals surface area contributed by atoms with Gasteiger partial charge in [-0.15, -0.1) is 11.8 Å². The number of thioether (sulfide) groups is 1. The molecule has 0 saturated heterocycles. The smallest absolute Gasteiger partial charge is 0.147 e. The number of carbonyl (C=O) groups is 1. The van der Waals surface area contributed by atoms with Crippen LogP contribution < -0.4 is 0 Å². The molecule has 0 radical (unpaired) electrons. The Morgan fingerprint density at radius 1 is 1.25 bits per heavy atom. The number of hydrogen-bond donors (Lipinski definition) is 0. The number of ketones is 1. The molecule has 0 aliphatic carbocycles. The third-order valence-electron chi connectivity index (χ3n) is 2.89. The molecule has 2 aromatic carbocycles. The normalized spacial score (nSPS) is 10.6. The standard InChI is InChI=1S/C16H14ClFOS/c1-11-7-14(18)6-5-12(11)8-15(19)10-20-16-4-2-3-13(17)9-16/h2-7,9H,8,10H2,1H3. The summed E-state index contributed by atoms with van der Waals surface area (Å²) in [5.74, 6) is 0.230. The van der Waals surface area contributed by atoms with E-state index in [2.05, 4.69) is 0 Å². The van der Waals surface area contributed by atoms with E-state index < -0.39 is 0 Å². The number of carbonyl (C=O) groups excluding carboxylic acids is 1. The quantitative estimate of drug-likeness (QED) is 0.745. The predicted molar refractivity (Wildman–Crippen MR) is 82.0 cm³/mol. The second-order valence-electron chi connectivity index (χ2n) is 4.53. The van der Waals surface area contributed by atoms with Crippen LogP contribution in [0.25, 0.3) is 0 Å². The summed E-state index contributed by atoms with van der Waals surface area (Å²) in [6.45, 7) is 1.82. The predicted octanol–water partition coefficient (Wildman–Crippen LogP) is 4.69. The zero-order valence-corrected chi connectivity index (χ0v) is 12.6. The summed E-state index contributed by atoms with van der Waals surface area (Å²) in [6, 6.07) is 11.9. The maximum Gasteiger partial charge on any atom is 0.147 e. The minimum atomic E-state index is -0.271. The van der Waals surface area contributed by atoms with E-state index in [1.165, 1.54) is 23.9 Å². The van der Waals surface area contributed by atoms with Crippen LogP contribution in [-0.4, -0.2) is 11.5 Å². The fourth-order valence-electron chi connectivity index (χ4n) is 1.84. The van der Waals surface area contributed by atoms with Crippen LogP contribution in [0.3, 0.4) is 0 Å². The van der Waals surface area contributed by atoms with Crippen molar-refractivity contribution >= 4 is 29.1 Å². The van der Waals surface area contributed by atoms with Gasteiger partial charge < -0.3 is 0 Å². The van der Waals surface area contributed by atoms with Gasteiger partial charge in [0.2, 0.25) is 0 Å². The zero-order chi connectivity index (χ0) is 14.5. The molecule has 0 aromatic heterocycles. The minimum absolute atomic E-state index is 0.115. The molecule has 0 atom stereocenters. The largest absolute Gasteiger partial charge is 0.298 e. The number of aryl methyl sites for hydroxylation is 1. The van der Waals surface area contributed by atoms with Gasteiger partial charge in [-0.2, -0.15) is 0 Å². The highest BCUT2D eigenvalue weighted by molar-refractivity contribution is 8.00. The Kier molecular flexibility index (Phi) is 5.21. The van der Waals surface area contributed by atoms with Crippen LogP contribution in [0.5, 0.6) is 0 Å². The van der Waals surface area contributed by atoms with Crippen LogP contribution in [0.4, 0.5) is 4.39 Å². The topological polar surface area (TPSA) is 17.1 Å². The number of halogens is 2. The lowest BCUT2D eigenvalue weighted by molar-refractivity contribution is -0.116. The summed E-state index contributed by atoms with van der Waals surface area (Å²) in [5.41, 5.74) is 1.69. The molecule has 20 heavy (non-hydrogen) atoms. The van der Waals surface area contributed by atoms with Gasteiger partial charge in [-0.1, -0.05) is 23.7 Å². The van der Waals surface area contributed by atoms with Crippen molar-refractivity contribution in [3.63, 3.8) is 0 Å². The molecule has 104 valence electrons. The third-order valence-corrected chi connectivity index (χ3v) is 4.18. The number of rotatable bonds is 5. The SMILES string of the molecule is Cc1cc(F)ccc1CC(=O)CSc1cccc(Cl)c1.